The first kappa shape index (κ1) is 25.4. The molecule has 0 aliphatic carbocycles. The summed E-state index contributed by atoms with van der Waals surface area (Å²) in [6.07, 6.45) is 6.29. The molecular weight excluding hydrogens is 515 g/mol. The Morgan fingerprint density at radius 3 is 2.66 bits per heavy atom. The maximum atomic E-state index is 12.2. The van der Waals surface area contributed by atoms with Crippen LogP contribution < -0.4 is 10.6 Å². The summed E-state index contributed by atoms with van der Waals surface area (Å²) in [5, 5.41) is 6.69. The summed E-state index contributed by atoms with van der Waals surface area (Å²) in [4.78, 5) is 22.7. The van der Waals surface area contributed by atoms with E-state index in [0.717, 1.165) is 35.7 Å². The molecule has 32 heavy (non-hydrogen) atoms. The first-order valence-corrected chi connectivity index (χ1v) is 10.5. The third kappa shape index (κ3) is 7.08. The molecule has 0 saturated carbocycles. The summed E-state index contributed by atoms with van der Waals surface area (Å²) in [6, 6.07) is 16.0. The Kier molecular flexibility index (Phi) is 10.2. The van der Waals surface area contributed by atoms with Crippen molar-refractivity contribution in [3.63, 3.8) is 0 Å². The number of carbonyl (C=O) groups is 1. The molecule has 0 fully saturated rings. The smallest absolute Gasteiger partial charge is 0.253 e. The lowest BCUT2D eigenvalue weighted by Crippen LogP contribution is -2.38. The molecule has 2 N–H and O–H groups in total. The molecule has 0 unspecified atom stereocenters. The highest BCUT2D eigenvalue weighted by atomic mass is 127. The molecular formula is C24H31IN6O. The summed E-state index contributed by atoms with van der Waals surface area (Å²) >= 11 is 0. The summed E-state index contributed by atoms with van der Waals surface area (Å²) in [7, 11) is 3.53. The lowest BCUT2D eigenvalue weighted by molar-refractivity contribution is 0.0827. The molecule has 2 aromatic carbocycles. The van der Waals surface area contributed by atoms with Crippen LogP contribution in [-0.2, 0) is 13.0 Å². The van der Waals surface area contributed by atoms with Gasteiger partial charge in [0.2, 0.25) is 0 Å². The van der Waals surface area contributed by atoms with E-state index in [9.17, 15) is 4.79 Å². The summed E-state index contributed by atoms with van der Waals surface area (Å²) in [5.41, 5.74) is 4.01. The SMILES string of the molecule is CCNC(=NCc1ccccc1-n1ccnc1)NCCc1cccc(C(=O)N(C)C)c1.I. The molecule has 0 atom stereocenters. The molecule has 0 aliphatic rings. The van der Waals surface area contributed by atoms with E-state index in [-0.39, 0.29) is 29.9 Å². The zero-order valence-electron chi connectivity index (χ0n) is 18.8. The molecule has 170 valence electrons. The lowest BCUT2D eigenvalue weighted by Gasteiger charge is -2.14. The second-order valence-corrected chi connectivity index (χ2v) is 7.37. The van der Waals surface area contributed by atoms with Crippen LogP contribution in [0.3, 0.4) is 0 Å². The van der Waals surface area contributed by atoms with Gasteiger partial charge in [-0.25, -0.2) is 9.98 Å². The molecule has 3 aromatic rings. The first-order valence-electron chi connectivity index (χ1n) is 10.5. The zero-order chi connectivity index (χ0) is 22.1. The second kappa shape index (κ2) is 12.8. The molecule has 1 aromatic heterocycles. The second-order valence-electron chi connectivity index (χ2n) is 7.37. The van der Waals surface area contributed by atoms with Crippen LogP contribution in [0.5, 0.6) is 0 Å². The third-order valence-electron chi connectivity index (χ3n) is 4.81. The number of rotatable bonds is 8. The van der Waals surface area contributed by atoms with Crippen molar-refractivity contribution in [3.8, 4) is 5.69 Å². The quantitative estimate of drug-likeness (QED) is 0.258. The van der Waals surface area contributed by atoms with Crippen molar-refractivity contribution in [2.24, 2.45) is 4.99 Å². The van der Waals surface area contributed by atoms with Crippen molar-refractivity contribution in [2.45, 2.75) is 19.9 Å². The molecule has 1 heterocycles. The number of guanidine groups is 1. The highest BCUT2D eigenvalue weighted by molar-refractivity contribution is 14.0. The number of benzene rings is 2. The summed E-state index contributed by atoms with van der Waals surface area (Å²) < 4.78 is 1.99. The fraction of sp³-hybridized carbons (Fsp3) is 0.292. The van der Waals surface area contributed by atoms with Gasteiger partial charge in [-0.1, -0.05) is 30.3 Å². The van der Waals surface area contributed by atoms with E-state index in [1.807, 2.05) is 54.1 Å². The predicted octanol–water partition coefficient (Wildman–Crippen LogP) is 3.49. The first-order chi connectivity index (χ1) is 15.1. The van der Waals surface area contributed by atoms with Gasteiger partial charge < -0.3 is 20.1 Å². The number of hydrogen-bond donors (Lipinski definition) is 2. The minimum Gasteiger partial charge on any atom is -0.357 e. The molecule has 0 aliphatic heterocycles. The Morgan fingerprint density at radius 2 is 1.94 bits per heavy atom. The fourth-order valence-corrected chi connectivity index (χ4v) is 3.25. The fourth-order valence-electron chi connectivity index (χ4n) is 3.25. The molecule has 0 spiro atoms. The Hall–Kier alpha value is -2.88. The number of nitrogens with one attached hydrogen (secondary N) is 2. The van der Waals surface area contributed by atoms with Gasteiger partial charge in [0.15, 0.2) is 5.96 Å². The number of halogens is 1. The largest absolute Gasteiger partial charge is 0.357 e. The van der Waals surface area contributed by atoms with Crippen molar-refractivity contribution >= 4 is 35.8 Å². The van der Waals surface area contributed by atoms with Crippen molar-refractivity contribution in [3.05, 3.63) is 83.9 Å². The van der Waals surface area contributed by atoms with Gasteiger partial charge in [-0.05, 0) is 42.7 Å². The van der Waals surface area contributed by atoms with E-state index in [0.29, 0.717) is 18.7 Å². The Labute approximate surface area is 207 Å². The van der Waals surface area contributed by atoms with E-state index in [1.54, 1.807) is 31.5 Å². The van der Waals surface area contributed by atoms with E-state index >= 15 is 0 Å². The number of carbonyl (C=O) groups excluding carboxylic acids is 1. The molecule has 8 heteroatoms. The Morgan fingerprint density at radius 1 is 1.12 bits per heavy atom. The van der Waals surface area contributed by atoms with Crippen molar-refractivity contribution in [1.82, 2.24) is 25.1 Å². The Bertz CT molecular complexity index is 1020. The van der Waals surface area contributed by atoms with E-state index < -0.39 is 0 Å². The topological polar surface area (TPSA) is 74.5 Å². The van der Waals surface area contributed by atoms with Crippen molar-refractivity contribution in [2.75, 3.05) is 27.2 Å². The van der Waals surface area contributed by atoms with Gasteiger partial charge in [0.1, 0.15) is 0 Å². The molecule has 1 amide bonds. The molecule has 3 rings (SSSR count). The van der Waals surface area contributed by atoms with Crippen LogP contribution in [0.2, 0.25) is 0 Å². The average molecular weight is 546 g/mol. The lowest BCUT2D eigenvalue weighted by atomic mass is 10.1. The number of amides is 1. The van der Waals surface area contributed by atoms with Gasteiger partial charge in [0, 0.05) is 45.1 Å². The minimum absolute atomic E-state index is 0. The van der Waals surface area contributed by atoms with Crippen molar-refractivity contribution in [1.29, 1.82) is 0 Å². The number of hydrogen-bond acceptors (Lipinski definition) is 3. The highest BCUT2D eigenvalue weighted by Gasteiger charge is 2.08. The number of nitrogens with zero attached hydrogens (tertiary/aromatic N) is 4. The van der Waals surface area contributed by atoms with Crippen molar-refractivity contribution < 1.29 is 4.79 Å². The number of aromatic nitrogens is 2. The molecule has 0 radical (unpaired) electrons. The van der Waals surface area contributed by atoms with Crippen LogP contribution >= 0.6 is 24.0 Å². The average Bonchev–Trinajstić information content (AvgIpc) is 3.32. The molecule has 0 bridgehead atoms. The zero-order valence-corrected chi connectivity index (χ0v) is 21.1. The van der Waals surface area contributed by atoms with Gasteiger partial charge >= 0.3 is 0 Å². The monoisotopic (exact) mass is 546 g/mol. The number of aliphatic imine (C=N–C) groups is 1. The maximum absolute atomic E-state index is 12.2. The maximum Gasteiger partial charge on any atom is 0.253 e. The van der Waals surface area contributed by atoms with Crippen LogP contribution in [0.25, 0.3) is 5.69 Å². The van der Waals surface area contributed by atoms with Crippen LogP contribution in [0.15, 0.2) is 72.2 Å². The van der Waals surface area contributed by atoms with E-state index in [1.165, 1.54) is 0 Å². The van der Waals surface area contributed by atoms with Crippen LogP contribution in [-0.4, -0.2) is 53.5 Å². The van der Waals surface area contributed by atoms with Gasteiger partial charge in [-0.15, -0.1) is 24.0 Å². The van der Waals surface area contributed by atoms with E-state index in [2.05, 4.69) is 27.8 Å². The minimum atomic E-state index is 0. The highest BCUT2D eigenvalue weighted by Crippen LogP contribution is 2.15. The number of para-hydroxylation sites is 1. The van der Waals surface area contributed by atoms with Gasteiger partial charge in [-0.3, -0.25) is 4.79 Å². The van der Waals surface area contributed by atoms with Gasteiger partial charge in [-0.2, -0.15) is 0 Å². The third-order valence-corrected chi connectivity index (χ3v) is 4.81. The number of imidazole rings is 1. The molecule has 7 nitrogen and oxygen atoms in total. The van der Waals surface area contributed by atoms with Crippen LogP contribution in [0, 0.1) is 0 Å². The van der Waals surface area contributed by atoms with Gasteiger partial charge in [0.25, 0.3) is 5.91 Å². The molecule has 0 saturated heterocycles. The van der Waals surface area contributed by atoms with Gasteiger partial charge in [0.05, 0.1) is 18.6 Å². The van der Waals surface area contributed by atoms with Crippen LogP contribution in [0.4, 0.5) is 0 Å². The van der Waals surface area contributed by atoms with E-state index in [4.69, 9.17) is 4.99 Å². The Balaban J connectivity index is 0.00000363. The summed E-state index contributed by atoms with van der Waals surface area (Å²) in [5.74, 6) is 0.782. The predicted molar refractivity (Wildman–Crippen MR) is 140 cm³/mol. The summed E-state index contributed by atoms with van der Waals surface area (Å²) in [6.45, 7) is 4.10. The van der Waals surface area contributed by atoms with Crippen LogP contribution in [0.1, 0.15) is 28.4 Å². The normalized spacial score (nSPS) is 10.9. The standard InChI is InChI=1S/C24H30N6O.HI/c1-4-26-24(27-13-12-19-8-7-10-20(16-19)23(31)29(2)3)28-17-21-9-5-6-11-22(21)30-15-14-25-18-30;/h5-11,14-16,18H,4,12-13,17H2,1-3H3,(H2,26,27,28);1H.